The van der Waals surface area contributed by atoms with Crippen molar-refractivity contribution < 1.29 is 23.1 Å². The summed E-state index contributed by atoms with van der Waals surface area (Å²) in [7, 11) is 0. The molecule has 4 atom stereocenters. The molecule has 2 aliphatic rings. The predicted molar refractivity (Wildman–Crippen MR) is 107 cm³/mol. The fraction of sp³-hybridized carbons (Fsp3) is 0.542. The van der Waals surface area contributed by atoms with Crippen LogP contribution in [0, 0.1) is 35.2 Å². The predicted octanol–water partition coefficient (Wildman–Crippen LogP) is 7.06. The van der Waals surface area contributed by atoms with Crippen LogP contribution in [-0.4, -0.2) is 11.1 Å². The standard InChI is InChI=1S/C24H27F3O2/c1-2-3-13-4-5-15-9-16(7-6-14(15)8-13)17-10-18-12-20(26)22(24(28)29)23(27)21(18)19(25)11-17/h10-16H,2-9H2,1H3,(H,28,29). The summed E-state index contributed by atoms with van der Waals surface area (Å²) < 4.78 is 43.3. The van der Waals surface area contributed by atoms with Crippen molar-refractivity contribution in [1.82, 2.24) is 0 Å². The lowest BCUT2D eigenvalue weighted by atomic mass is 9.63. The van der Waals surface area contributed by atoms with E-state index in [0.29, 0.717) is 5.92 Å². The minimum atomic E-state index is -1.73. The average Bonchev–Trinajstić information content (AvgIpc) is 2.66. The third kappa shape index (κ3) is 3.76. The minimum absolute atomic E-state index is 0.0915. The van der Waals surface area contributed by atoms with Gasteiger partial charge >= 0.3 is 5.97 Å². The van der Waals surface area contributed by atoms with Gasteiger partial charge in [0.25, 0.3) is 0 Å². The molecule has 4 unspecified atom stereocenters. The maximum Gasteiger partial charge on any atom is 0.341 e. The first-order valence-electron chi connectivity index (χ1n) is 10.7. The molecule has 2 fully saturated rings. The Balaban J connectivity index is 1.61. The van der Waals surface area contributed by atoms with E-state index in [0.717, 1.165) is 42.7 Å². The van der Waals surface area contributed by atoms with Crippen LogP contribution in [0.15, 0.2) is 18.2 Å². The lowest BCUT2D eigenvalue weighted by molar-refractivity contribution is 0.0687. The first kappa shape index (κ1) is 20.2. The van der Waals surface area contributed by atoms with Crippen LogP contribution in [0.5, 0.6) is 0 Å². The zero-order valence-electron chi connectivity index (χ0n) is 16.7. The second-order valence-corrected chi connectivity index (χ2v) is 8.95. The van der Waals surface area contributed by atoms with Crippen molar-refractivity contribution in [1.29, 1.82) is 0 Å². The smallest absolute Gasteiger partial charge is 0.341 e. The second-order valence-electron chi connectivity index (χ2n) is 8.95. The van der Waals surface area contributed by atoms with Gasteiger partial charge in [-0.2, -0.15) is 0 Å². The quantitative estimate of drug-likeness (QED) is 0.592. The molecule has 0 amide bonds. The van der Waals surface area contributed by atoms with Crippen molar-refractivity contribution in [3.05, 3.63) is 46.8 Å². The minimum Gasteiger partial charge on any atom is -0.477 e. The molecule has 2 aromatic rings. The van der Waals surface area contributed by atoms with Gasteiger partial charge < -0.3 is 5.11 Å². The van der Waals surface area contributed by atoms with E-state index in [4.69, 9.17) is 5.11 Å². The zero-order chi connectivity index (χ0) is 20.7. The molecule has 29 heavy (non-hydrogen) atoms. The SMILES string of the molecule is CCCC1CCC2CC(c3cc(F)c4c(F)c(C(=O)O)c(F)cc4c3)CCC2C1. The van der Waals surface area contributed by atoms with Crippen LogP contribution in [-0.2, 0) is 0 Å². The summed E-state index contributed by atoms with van der Waals surface area (Å²) >= 11 is 0. The Morgan fingerprint density at radius 1 is 1.00 bits per heavy atom. The van der Waals surface area contributed by atoms with Crippen molar-refractivity contribution in [2.75, 3.05) is 0 Å². The Bertz CT molecular complexity index is 940. The van der Waals surface area contributed by atoms with Gasteiger partial charge in [0.2, 0.25) is 0 Å². The number of halogens is 3. The fourth-order valence-corrected chi connectivity index (χ4v) is 5.82. The van der Waals surface area contributed by atoms with Gasteiger partial charge in [-0.3, -0.25) is 0 Å². The van der Waals surface area contributed by atoms with Crippen LogP contribution in [0.3, 0.4) is 0 Å². The number of carboxylic acid groups (broad SMARTS) is 1. The number of hydrogen-bond donors (Lipinski definition) is 1. The van der Waals surface area contributed by atoms with E-state index in [1.165, 1.54) is 38.2 Å². The summed E-state index contributed by atoms with van der Waals surface area (Å²) in [5.41, 5.74) is -0.334. The van der Waals surface area contributed by atoms with Crippen LogP contribution >= 0.6 is 0 Å². The maximum absolute atomic E-state index is 14.8. The molecule has 2 nitrogen and oxygen atoms in total. The summed E-state index contributed by atoms with van der Waals surface area (Å²) in [6, 6.07) is 3.91. The Labute approximate surface area is 169 Å². The van der Waals surface area contributed by atoms with E-state index in [9.17, 15) is 18.0 Å². The Morgan fingerprint density at radius 3 is 2.45 bits per heavy atom. The number of fused-ring (bicyclic) bond motifs is 2. The topological polar surface area (TPSA) is 37.3 Å². The van der Waals surface area contributed by atoms with Gasteiger partial charge in [-0.05, 0) is 78.9 Å². The third-order valence-electron chi connectivity index (χ3n) is 7.21. The van der Waals surface area contributed by atoms with E-state index in [1.54, 1.807) is 6.07 Å². The normalized spacial score (nSPS) is 27.0. The molecule has 2 aliphatic carbocycles. The van der Waals surface area contributed by atoms with E-state index in [1.807, 2.05) is 0 Å². The van der Waals surface area contributed by atoms with Gasteiger partial charge in [0.05, 0.1) is 5.39 Å². The number of carboxylic acids is 1. The van der Waals surface area contributed by atoms with Crippen molar-refractivity contribution >= 4 is 16.7 Å². The molecule has 0 aromatic heterocycles. The largest absolute Gasteiger partial charge is 0.477 e. The van der Waals surface area contributed by atoms with Crippen LogP contribution in [0.2, 0.25) is 0 Å². The molecular weight excluding hydrogens is 377 g/mol. The van der Waals surface area contributed by atoms with Crippen LogP contribution in [0.4, 0.5) is 13.2 Å². The zero-order valence-corrected chi connectivity index (χ0v) is 16.7. The first-order chi connectivity index (χ1) is 13.9. The highest BCUT2D eigenvalue weighted by atomic mass is 19.1. The van der Waals surface area contributed by atoms with Crippen LogP contribution < -0.4 is 0 Å². The highest BCUT2D eigenvalue weighted by molar-refractivity contribution is 5.96. The summed E-state index contributed by atoms with van der Waals surface area (Å²) in [5, 5.41) is 8.66. The van der Waals surface area contributed by atoms with Crippen molar-refractivity contribution in [2.24, 2.45) is 17.8 Å². The molecule has 0 aliphatic heterocycles. The molecule has 156 valence electrons. The Kier molecular flexibility index (Phi) is 5.58. The van der Waals surface area contributed by atoms with E-state index >= 15 is 0 Å². The second kappa shape index (κ2) is 8.00. The summed E-state index contributed by atoms with van der Waals surface area (Å²) in [6.45, 7) is 2.24. The lowest BCUT2D eigenvalue weighted by Crippen LogP contribution is -2.30. The van der Waals surface area contributed by atoms with Crippen molar-refractivity contribution in [3.8, 4) is 0 Å². The molecule has 0 radical (unpaired) electrons. The molecule has 0 saturated heterocycles. The van der Waals surface area contributed by atoms with Gasteiger partial charge in [0.1, 0.15) is 17.2 Å². The van der Waals surface area contributed by atoms with Gasteiger partial charge in [-0.15, -0.1) is 0 Å². The molecule has 2 saturated carbocycles. The Morgan fingerprint density at radius 2 is 1.72 bits per heavy atom. The monoisotopic (exact) mass is 404 g/mol. The number of hydrogen-bond acceptors (Lipinski definition) is 1. The van der Waals surface area contributed by atoms with Gasteiger partial charge in [0.15, 0.2) is 5.82 Å². The molecule has 0 heterocycles. The third-order valence-corrected chi connectivity index (χ3v) is 7.21. The number of benzene rings is 2. The maximum atomic E-state index is 14.8. The van der Waals surface area contributed by atoms with Crippen LogP contribution in [0.1, 0.15) is 80.1 Å². The van der Waals surface area contributed by atoms with Gasteiger partial charge in [-0.25, -0.2) is 18.0 Å². The number of aromatic carboxylic acids is 1. The highest BCUT2D eigenvalue weighted by Gasteiger charge is 2.36. The van der Waals surface area contributed by atoms with Gasteiger partial charge in [0, 0.05) is 0 Å². The summed E-state index contributed by atoms with van der Waals surface area (Å²) in [5.74, 6) is -2.65. The lowest BCUT2D eigenvalue weighted by Gasteiger charge is -2.42. The average molecular weight is 404 g/mol. The molecule has 0 spiro atoms. The molecular formula is C24H27F3O2. The van der Waals surface area contributed by atoms with Crippen LogP contribution in [0.25, 0.3) is 10.8 Å². The number of rotatable bonds is 4. The molecule has 0 bridgehead atoms. The first-order valence-corrected chi connectivity index (χ1v) is 10.7. The fourth-order valence-electron chi connectivity index (χ4n) is 5.82. The van der Waals surface area contributed by atoms with Crippen molar-refractivity contribution in [3.63, 3.8) is 0 Å². The summed E-state index contributed by atoms with van der Waals surface area (Å²) in [6.07, 6.45) is 9.39. The van der Waals surface area contributed by atoms with Crippen molar-refractivity contribution in [2.45, 2.75) is 64.2 Å². The Hall–Kier alpha value is -2.04. The molecule has 2 aromatic carbocycles. The summed E-state index contributed by atoms with van der Waals surface area (Å²) in [4.78, 5) is 11.1. The molecule has 1 N–H and O–H groups in total. The molecule has 5 heteroatoms. The van der Waals surface area contributed by atoms with E-state index in [2.05, 4.69) is 6.92 Å². The van der Waals surface area contributed by atoms with Gasteiger partial charge in [-0.1, -0.05) is 32.3 Å². The number of carbonyl (C=O) groups is 1. The molecule has 4 rings (SSSR count). The highest BCUT2D eigenvalue weighted by Crippen LogP contribution is 2.48. The van der Waals surface area contributed by atoms with E-state index < -0.39 is 34.4 Å². The van der Waals surface area contributed by atoms with E-state index in [-0.39, 0.29) is 11.3 Å².